The van der Waals surface area contributed by atoms with E-state index in [1.807, 2.05) is 18.5 Å². The quantitative estimate of drug-likeness (QED) is 0.838. The molecular formula is C12H20BrN3O2. The molecule has 0 unspecified atom stereocenters. The second-order valence-electron chi connectivity index (χ2n) is 4.17. The molecular weight excluding hydrogens is 298 g/mol. The minimum absolute atomic E-state index is 0.171. The van der Waals surface area contributed by atoms with Gasteiger partial charge in [-0.25, -0.2) is 0 Å². The van der Waals surface area contributed by atoms with E-state index in [1.54, 1.807) is 0 Å². The van der Waals surface area contributed by atoms with E-state index in [1.165, 1.54) is 0 Å². The number of carboxylic acids is 1. The van der Waals surface area contributed by atoms with Gasteiger partial charge in [-0.15, -0.1) is 0 Å². The molecule has 5 nitrogen and oxygen atoms in total. The molecule has 0 fully saturated rings. The normalized spacial score (nSPS) is 11.2. The lowest BCUT2D eigenvalue weighted by molar-refractivity contribution is -0.137. The average molecular weight is 318 g/mol. The first kappa shape index (κ1) is 15.2. The summed E-state index contributed by atoms with van der Waals surface area (Å²) in [6, 6.07) is 0. The van der Waals surface area contributed by atoms with Crippen molar-refractivity contribution in [1.29, 1.82) is 0 Å². The topological polar surface area (TPSA) is 58.4 Å². The van der Waals surface area contributed by atoms with Crippen LogP contribution in [0.15, 0.2) is 4.47 Å². The van der Waals surface area contributed by atoms with Crippen molar-refractivity contribution in [2.75, 3.05) is 13.1 Å². The first-order valence-electron chi connectivity index (χ1n) is 6.15. The van der Waals surface area contributed by atoms with E-state index in [4.69, 9.17) is 5.11 Å². The Morgan fingerprint density at radius 2 is 2.17 bits per heavy atom. The van der Waals surface area contributed by atoms with Crippen LogP contribution in [-0.2, 0) is 17.9 Å². The number of hydrogen-bond donors (Lipinski definition) is 1. The van der Waals surface area contributed by atoms with Crippen LogP contribution >= 0.6 is 15.9 Å². The Hall–Kier alpha value is -0.880. The summed E-state index contributed by atoms with van der Waals surface area (Å²) in [5, 5.41) is 13.2. The number of carboxylic acid groups (broad SMARTS) is 1. The standard InChI is InChI=1S/C12H20BrN3O2/c1-4-15(7-6-11(17)18)8-10-12(13)9(3)14-16(10)5-2/h4-8H2,1-3H3,(H,17,18). The minimum atomic E-state index is -0.757. The predicted molar refractivity (Wildman–Crippen MR) is 73.5 cm³/mol. The third-order valence-corrected chi connectivity index (χ3v) is 3.95. The van der Waals surface area contributed by atoms with Crippen molar-refractivity contribution >= 4 is 21.9 Å². The maximum Gasteiger partial charge on any atom is 0.304 e. The number of hydrogen-bond acceptors (Lipinski definition) is 3. The average Bonchev–Trinajstić information content (AvgIpc) is 2.61. The van der Waals surface area contributed by atoms with E-state index < -0.39 is 5.97 Å². The summed E-state index contributed by atoms with van der Waals surface area (Å²) in [4.78, 5) is 12.7. The lowest BCUT2D eigenvalue weighted by Crippen LogP contribution is -2.27. The molecule has 0 aliphatic heterocycles. The van der Waals surface area contributed by atoms with Crippen molar-refractivity contribution in [3.05, 3.63) is 15.9 Å². The molecule has 18 heavy (non-hydrogen) atoms. The molecule has 1 rings (SSSR count). The van der Waals surface area contributed by atoms with E-state index in [0.29, 0.717) is 6.54 Å². The second kappa shape index (κ2) is 6.89. The first-order valence-corrected chi connectivity index (χ1v) is 6.94. The largest absolute Gasteiger partial charge is 0.481 e. The van der Waals surface area contributed by atoms with Crippen molar-refractivity contribution in [2.24, 2.45) is 0 Å². The molecule has 0 saturated carbocycles. The van der Waals surface area contributed by atoms with Gasteiger partial charge in [0.2, 0.25) is 0 Å². The predicted octanol–water partition coefficient (Wildman–Crippen LogP) is 2.27. The van der Waals surface area contributed by atoms with E-state index >= 15 is 0 Å². The van der Waals surface area contributed by atoms with Gasteiger partial charge in [-0.3, -0.25) is 14.4 Å². The van der Waals surface area contributed by atoms with Gasteiger partial charge in [-0.2, -0.15) is 5.10 Å². The molecule has 1 heterocycles. The Bertz CT molecular complexity index is 418. The summed E-state index contributed by atoms with van der Waals surface area (Å²) >= 11 is 3.55. The fraction of sp³-hybridized carbons (Fsp3) is 0.667. The number of aromatic nitrogens is 2. The van der Waals surface area contributed by atoms with E-state index in [-0.39, 0.29) is 6.42 Å². The summed E-state index contributed by atoms with van der Waals surface area (Å²) in [5.41, 5.74) is 2.09. The molecule has 1 N–H and O–H groups in total. The number of aliphatic carboxylic acids is 1. The van der Waals surface area contributed by atoms with Crippen molar-refractivity contribution < 1.29 is 9.90 Å². The molecule has 0 radical (unpaired) electrons. The van der Waals surface area contributed by atoms with Gasteiger partial charge >= 0.3 is 5.97 Å². The zero-order valence-electron chi connectivity index (χ0n) is 11.1. The van der Waals surface area contributed by atoms with Gasteiger partial charge in [-0.1, -0.05) is 6.92 Å². The van der Waals surface area contributed by atoms with Crippen LogP contribution in [0.3, 0.4) is 0 Å². The number of halogens is 1. The Kier molecular flexibility index (Phi) is 5.81. The van der Waals surface area contributed by atoms with E-state index in [2.05, 4.69) is 32.9 Å². The highest BCUT2D eigenvalue weighted by molar-refractivity contribution is 9.10. The molecule has 1 aromatic rings. The fourth-order valence-corrected chi connectivity index (χ4v) is 2.24. The van der Waals surface area contributed by atoms with Gasteiger partial charge in [0, 0.05) is 19.6 Å². The number of aryl methyl sites for hydroxylation is 2. The molecule has 6 heteroatoms. The molecule has 0 aliphatic rings. The molecule has 0 spiro atoms. The van der Waals surface area contributed by atoms with E-state index in [0.717, 1.165) is 35.5 Å². The monoisotopic (exact) mass is 317 g/mol. The van der Waals surface area contributed by atoms with Gasteiger partial charge in [-0.05, 0) is 36.3 Å². The first-order chi connectivity index (χ1) is 8.49. The summed E-state index contributed by atoms with van der Waals surface area (Å²) < 4.78 is 2.99. The molecule has 0 atom stereocenters. The lowest BCUT2D eigenvalue weighted by Gasteiger charge is -2.20. The van der Waals surface area contributed by atoms with Crippen molar-refractivity contribution in [2.45, 2.75) is 40.3 Å². The van der Waals surface area contributed by atoms with Crippen LogP contribution in [0.25, 0.3) is 0 Å². The Balaban J connectivity index is 2.77. The van der Waals surface area contributed by atoms with Crippen LogP contribution in [0, 0.1) is 6.92 Å². The summed E-state index contributed by atoms with van der Waals surface area (Å²) in [6.45, 7) is 8.98. The molecule has 0 bridgehead atoms. The van der Waals surface area contributed by atoms with Crippen molar-refractivity contribution in [3.8, 4) is 0 Å². The number of carbonyl (C=O) groups is 1. The van der Waals surface area contributed by atoms with Crippen LogP contribution in [0.5, 0.6) is 0 Å². The van der Waals surface area contributed by atoms with Crippen LogP contribution in [0.1, 0.15) is 31.7 Å². The molecule has 102 valence electrons. The van der Waals surface area contributed by atoms with E-state index in [9.17, 15) is 4.79 Å². The Morgan fingerprint density at radius 3 is 2.67 bits per heavy atom. The van der Waals surface area contributed by atoms with Crippen LogP contribution < -0.4 is 0 Å². The zero-order valence-corrected chi connectivity index (χ0v) is 12.7. The summed E-state index contributed by atoms with van der Waals surface area (Å²) in [5.74, 6) is -0.757. The van der Waals surface area contributed by atoms with Crippen LogP contribution in [0.2, 0.25) is 0 Å². The Labute approximate surface area is 116 Å². The van der Waals surface area contributed by atoms with Crippen LogP contribution in [-0.4, -0.2) is 38.8 Å². The highest BCUT2D eigenvalue weighted by atomic mass is 79.9. The molecule has 0 amide bonds. The van der Waals surface area contributed by atoms with Crippen molar-refractivity contribution in [3.63, 3.8) is 0 Å². The molecule has 0 aliphatic carbocycles. The van der Waals surface area contributed by atoms with Gasteiger partial charge in [0.15, 0.2) is 0 Å². The molecule has 0 saturated heterocycles. The Morgan fingerprint density at radius 1 is 1.50 bits per heavy atom. The third kappa shape index (κ3) is 3.81. The van der Waals surface area contributed by atoms with Crippen molar-refractivity contribution in [1.82, 2.24) is 14.7 Å². The highest BCUT2D eigenvalue weighted by Gasteiger charge is 2.15. The van der Waals surface area contributed by atoms with Gasteiger partial charge in [0.25, 0.3) is 0 Å². The summed E-state index contributed by atoms with van der Waals surface area (Å²) in [6.07, 6.45) is 0.171. The highest BCUT2D eigenvalue weighted by Crippen LogP contribution is 2.22. The van der Waals surface area contributed by atoms with Gasteiger partial charge in [0.1, 0.15) is 0 Å². The lowest BCUT2D eigenvalue weighted by atomic mass is 10.3. The van der Waals surface area contributed by atoms with Gasteiger partial charge in [0.05, 0.1) is 22.3 Å². The zero-order chi connectivity index (χ0) is 13.7. The smallest absolute Gasteiger partial charge is 0.304 e. The molecule has 1 aromatic heterocycles. The SMILES string of the molecule is CCN(CCC(=O)O)Cc1c(Br)c(C)nn1CC. The summed E-state index contributed by atoms with van der Waals surface area (Å²) in [7, 11) is 0. The third-order valence-electron chi connectivity index (χ3n) is 2.92. The maximum atomic E-state index is 10.6. The molecule has 0 aromatic carbocycles. The van der Waals surface area contributed by atoms with Crippen LogP contribution in [0.4, 0.5) is 0 Å². The number of nitrogens with zero attached hydrogens (tertiary/aromatic N) is 3. The fourth-order valence-electron chi connectivity index (χ4n) is 1.83. The second-order valence-corrected chi connectivity index (χ2v) is 4.97. The number of rotatable bonds is 7. The maximum absolute atomic E-state index is 10.6. The minimum Gasteiger partial charge on any atom is -0.481 e. The van der Waals surface area contributed by atoms with Gasteiger partial charge < -0.3 is 5.11 Å².